The Morgan fingerprint density at radius 2 is 0.921 bits per heavy atom. The van der Waals surface area contributed by atoms with Gasteiger partial charge in [0.25, 0.3) is 0 Å². The number of unbranched alkanes of at least 4 members (excludes halogenated alkanes) is 16. The standard InChI is InChI=1S/C49H94N4O8S2/c1-6-10-14-18-20-24-28-44(26-22-16-12-8-3)46(54)58-38-36-53(37-39-59-47(55)45(27-23-17-13-9-4)29-25-21-19-15-11-7-2)49(57)61-41-43-63-62-42-40-60-48(56)50-30-31-52-34-32-51(5)33-35-52/h44-45H,6-43H2,1-5H3,(H,50,56). The van der Waals surface area contributed by atoms with Crippen molar-refractivity contribution in [3.05, 3.63) is 0 Å². The van der Waals surface area contributed by atoms with E-state index in [4.69, 9.17) is 18.9 Å². The molecule has 0 aliphatic carbocycles. The molecule has 1 N–H and O–H groups in total. The Bertz CT molecular complexity index is 1070. The Kier molecular flexibility index (Phi) is 40.1. The van der Waals surface area contributed by atoms with Gasteiger partial charge >= 0.3 is 24.1 Å². The van der Waals surface area contributed by atoms with Gasteiger partial charge in [0.1, 0.15) is 26.4 Å². The first-order valence-electron chi connectivity index (χ1n) is 25.6. The van der Waals surface area contributed by atoms with E-state index in [0.29, 0.717) is 24.7 Å². The number of amides is 2. The van der Waals surface area contributed by atoms with Gasteiger partial charge in [0.05, 0.1) is 24.9 Å². The number of rotatable bonds is 42. The van der Waals surface area contributed by atoms with Crippen molar-refractivity contribution in [1.82, 2.24) is 20.0 Å². The highest BCUT2D eigenvalue weighted by molar-refractivity contribution is 8.76. The molecule has 0 aromatic heterocycles. The quantitative estimate of drug-likeness (QED) is 0.0271. The predicted octanol–water partition coefficient (Wildman–Crippen LogP) is 11.5. The molecule has 2 atom stereocenters. The number of ether oxygens (including phenoxy) is 4. The van der Waals surface area contributed by atoms with Gasteiger partial charge in [-0.15, -0.1) is 0 Å². The lowest BCUT2D eigenvalue weighted by molar-refractivity contribution is -0.149. The fourth-order valence-corrected chi connectivity index (χ4v) is 9.41. The molecule has 370 valence electrons. The monoisotopic (exact) mass is 931 g/mol. The van der Waals surface area contributed by atoms with Crippen molar-refractivity contribution in [2.45, 2.75) is 182 Å². The maximum absolute atomic E-state index is 13.4. The number of likely N-dealkylation sites (N-methyl/N-ethyl adjacent to an activating group) is 1. The zero-order valence-corrected chi connectivity index (χ0v) is 42.6. The fourth-order valence-electron chi connectivity index (χ4n) is 7.76. The molecular formula is C49H94N4O8S2. The number of carbonyl (C=O) groups is 4. The van der Waals surface area contributed by atoms with Crippen LogP contribution in [0.25, 0.3) is 0 Å². The number of carbonyl (C=O) groups excluding carboxylic acids is 4. The number of hydrogen-bond acceptors (Lipinski definition) is 12. The largest absolute Gasteiger partial charge is 0.464 e. The van der Waals surface area contributed by atoms with Crippen molar-refractivity contribution in [1.29, 1.82) is 0 Å². The lowest BCUT2D eigenvalue weighted by atomic mass is 9.94. The van der Waals surface area contributed by atoms with E-state index in [-0.39, 0.29) is 56.7 Å². The van der Waals surface area contributed by atoms with Crippen LogP contribution in [0.4, 0.5) is 9.59 Å². The number of piperazine rings is 1. The summed E-state index contributed by atoms with van der Waals surface area (Å²) in [5, 5.41) is 2.83. The summed E-state index contributed by atoms with van der Waals surface area (Å²) in [6.45, 7) is 15.3. The second-order valence-corrected chi connectivity index (χ2v) is 20.2. The van der Waals surface area contributed by atoms with E-state index < -0.39 is 12.2 Å². The summed E-state index contributed by atoms with van der Waals surface area (Å²) in [6.07, 6.45) is 25.5. The Balaban J connectivity index is 2.68. The average molecular weight is 931 g/mol. The second kappa shape index (κ2) is 42.7. The van der Waals surface area contributed by atoms with Gasteiger partial charge in [-0.2, -0.15) is 0 Å². The van der Waals surface area contributed by atoms with Crippen LogP contribution in [0.15, 0.2) is 0 Å². The number of hydrogen-bond donors (Lipinski definition) is 1. The third kappa shape index (κ3) is 34.1. The normalized spacial score (nSPS) is 14.2. The molecule has 1 aliphatic heterocycles. The molecule has 14 heteroatoms. The smallest absolute Gasteiger partial charge is 0.410 e. The van der Waals surface area contributed by atoms with E-state index in [1.165, 1.54) is 69.1 Å². The Labute approximate surface area is 393 Å². The van der Waals surface area contributed by atoms with E-state index in [2.05, 4.69) is 49.9 Å². The van der Waals surface area contributed by atoms with Crippen molar-refractivity contribution in [2.24, 2.45) is 11.8 Å². The maximum Gasteiger partial charge on any atom is 0.410 e. The van der Waals surface area contributed by atoms with Crippen molar-refractivity contribution in [3.63, 3.8) is 0 Å². The van der Waals surface area contributed by atoms with Crippen LogP contribution in [-0.4, -0.2) is 136 Å². The Morgan fingerprint density at radius 1 is 0.524 bits per heavy atom. The van der Waals surface area contributed by atoms with Crippen molar-refractivity contribution < 1.29 is 38.1 Å². The van der Waals surface area contributed by atoms with E-state index in [1.807, 2.05) is 0 Å². The average Bonchev–Trinajstić information content (AvgIpc) is 3.28. The number of alkyl carbamates (subject to hydrolysis) is 1. The molecule has 1 fully saturated rings. The molecule has 1 saturated heterocycles. The first-order valence-corrected chi connectivity index (χ1v) is 28.0. The molecule has 0 aromatic rings. The van der Waals surface area contributed by atoms with Crippen LogP contribution >= 0.6 is 21.6 Å². The van der Waals surface area contributed by atoms with Crippen LogP contribution in [-0.2, 0) is 28.5 Å². The van der Waals surface area contributed by atoms with Gasteiger partial charge in [-0.1, -0.05) is 178 Å². The molecule has 0 spiro atoms. The highest BCUT2D eigenvalue weighted by Gasteiger charge is 2.23. The van der Waals surface area contributed by atoms with E-state index in [9.17, 15) is 19.2 Å². The van der Waals surface area contributed by atoms with E-state index in [0.717, 1.165) is 123 Å². The molecule has 0 aromatic carbocycles. The summed E-state index contributed by atoms with van der Waals surface area (Å²) in [4.78, 5) is 58.5. The molecule has 0 bridgehead atoms. The van der Waals surface area contributed by atoms with Crippen LogP contribution in [0, 0.1) is 11.8 Å². The molecular weight excluding hydrogens is 837 g/mol. The van der Waals surface area contributed by atoms with Gasteiger partial charge in [-0.3, -0.25) is 14.5 Å². The lowest BCUT2D eigenvalue weighted by Crippen LogP contribution is -2.47. The molecule has 2 amide bonds. The molecule has 0 saturated carbocycles. The van der Waals surface area contributed by atoms with Gasteiger partial charge in [0, 0.05) is 50.8 Å². The van der Waals surface area contributed by atoms with Crippen LogP contribution < -0.4 is 5.32 Å². The molecule has 63 heavy (non-hydrogen) atoms. The minimum atomic E-state index is -0.518. The van der Waals surface area contributed by atoms with Gasteiger partial charge in [-0.05, 0) is 32.7 Å². The number of nitrogens with one attached hydrogen (secondary N) is 1. The molecule has 1 heterocycles. The van der Waals surface area contributed by atoms with Crippen molar-refractivity contribution >= 4 is 45.7 Å². The number of esters is 2. The second-order valence-electron chi connectivity index (χ2n) is 17.5. The van der Waals surface area contributed by atoms with Crippen LogP contribution in [0.2, 0.25) is 0 Å². The highest BCUT2D eigenvalue weighted by Crippen LogP contribution is 2.23. The maximum atomic E-state index is 13.4. The SMILES string of the molecule is CCCCCCCCC(CCCCCC)C(=O)OCCN(CCOC(=O)C(CCCCCC)CCCCCCCC)C(=O)OCCSSCCOC(=O)NCCN1CCN(C)CC1. The fraction of sp³-hybridized carbons (Fsp3) is 0.918. The Morgan fingerprint density at radius 3 is 1.37 bits per heavy atom. The summed E-state index contributed by atoms with van der Waals surface area (Å²) < 4.78 is 22.7. The molecule has 1 aliphatic rings. The lowest BCUT2D eigenvalue weighted by Gasteiger charge is -2.32. The zero-order valence-electron chi connectivity index (χ0n) is 40.9. The summed E-state index contributed by atoms with van der Waals surface area (Å²) in [6, 6.07) is 0. The predicted molar refractivity (Wildman–Crippen MR) is 264 cm³/mol. The minimum Gasteiger partial charge on any atom is -0.464 e. The van der Waals surface area contributed by atoms with Gasteiger partial charge in [-0.25, -0.2) is 9.59 Å². The number of nitrogens with zero attached hydrogens (tertiary/aromatic N) is 3. The summed E-state index contributed by atoms with van der Waals surface area (Å²) >= 11 is 0. The van der Waals surface area contributed by atoms with Gasteiger partial charge in [0.15, 0.2) is 0 Å². The topological polar surface area (TPSA) is 127 Å². The third-order valence-corrected chi connectivity index (χ3v) is 14.3. The minimum absolute atomic E-state index is 0.0654. The molecule has 12 nitrogen and oxygen atoms in total. The first-order chi connectivity index (χ1) is 30.7. The summed E-state index contributed by atoms with van der Waals surface area (Å²) in [5.74, 6) is 0.557. The first kappa shape index (κ1) is 59.1. The zero-order chi connectivity index (χ0) is 46.0. The highest BCUT2D eigenvalue weighted by atomic mass is 33.1. The van der Waals surface area contributed by atoms with E-state index in [1.54, 1.807) is 21.6 Å². The molecule has 1 rings (SSSR count). The summed E-state index contributed by atoms with van der Waals surface area (Å²) in [7, 11) is 5.23. The summed E-state index contributed by atoms with van der Waals surface area (Å²) in [5.41, 5.74) is 0. The van der Waals surface area contributed by atoms with Crippen LogP contribution in [0.3, 0.4) is 0 Å². The molecule has 0 radical (unpaired) electrons. The van der Waals surface area contributed by atoms with E-state index >= 15 is 0 Å². The molecule has 2 unspecified atom stereocenters. The van der Waals surface area contributed by atoms with Crippen LogP contribution in [0.5, 0.6) is 0 Å². The van der Waals surface area contributed by atoms with Crippen molar-refractivity contribution in [3.8, 4) is 0 Å². The van der Waals surface area contributed by atoms with Gasteiger partial charge in [0.2, 0.25) is 0 Å². The van der Waals surface area contributed by atoms with Crippen molar-refractivity contribution in [2.75, 3.05) is 97.3 Å². The van der Waals surface area contributed by atoms with Crippen LogP contribution in [0.1, 0.15) is 182 Å². The third-order valence-electron chi connectivity index (χ3n) is 11.9. The Hall–Kier alpha value is -1.90. The van der Waals surface area contributed by atoms with Gasteiger partial charge < -0.3 is 34.1 Å².